The standard InChI is InChI=1S/C87H49F6N7/c88-86(89,90)69-26-17-27-70(87(91,92)93)85(69)51-44-83(99-79-40-36-52(95-71-28-9-1-18-56(71)57-19-2-10-29-72(57)95)46-64(79)65-47-53(37-41-80(65)99)96-73-30-11-3-20-58(73)59-21-4-12-31-74(59)96)68(50-94)84(45-51)100-81-42-38-54(97-75-32-13-5-22-60(75)61-23-6-14-33-76(61)97)48-66(81)67-49-55(39-43-82(67)100)98-77-34-15-7-24-62(77)63-25-8-16-35-78(63)98/h1-49H. The van der Waals surface area contributed by atoms with E-state index in [9.17, 15) is 5.26 Å². The molecule has 0 aliphatic heterocycles. The van der Waals surface area contributed by atoms with Crippen LogP contribution in [0.4, 0.5) is 26.3 Å². The fourth-order valence-corrected chi connectivity index (χ4v) is 16.4. The number of hydrogen-bond acceptors (Lipinski definition) is 1. The van der Waals surface area contributed by atoms with Gasteiger partial charge in [0.2, 0.25) is 0 Å². The number of halogens is 6. The Bertz CT molecular complexity index is 6020. The van der Waals surface area contributed by atoms with Crippen LogP contribution in [0.5, 0.6) is 0 Å². The molecule has 0 saturated heterocycles. The van der Waals surface area contributed by atoms with Crippen LogP contribution in [0.25, 0.3) is 176 Å². The highest BCUT2D eigenvalue weighted by atomic mass is 19.4. The monoisotopic (exact) mass is 1310 g/mol. The van der Waals surface area contributed by atoms with Crippen LogP contribution in [0, 0.1) is 11.3 Å². The highest BCUT2D eigenvalue weighted by Gasteiger charge is 2.42. The van der Waals surface area contributed by atoms with Gasteiger partial charge in [0, 0.05) is 92.9 Å². The van der Waals surface area contributed by atoms with E-state index in [1.165, 1.54) is 12.1 Å². The summed E-state index contributed by atoms with van der Waals surface area (Å²) in [6.45, 7) is 0. The van der Waals surface area contributed by atoms with Gasteiger partial charge >= 0.3 is 12.4 Å². The van der Waals surface area contributed by atoms with Crippen LogP contribution < -0.4 is 0 Å². The zero-order valence-corrected chi connectivity index (χ0v) is 52.7. The molecule has 0 aliphatic rings. The Morgan fingerprint density at radius 3 is 0.670 bits per heavy atom. The Hall–Kier alpha value is -13.1. The first kappa shape index (κ1) is 57.2. The van der Waals surface area contributed by atoms with Crippen LogP contribution >= 0.6 is 0 Å². The molecule has 14 aromatic carbocycles. The van der Waals surface area contributed by atoms with Crippen molar-refractivity contribution < 1.29 is 26.3 Å². The minimum Gasteiger partial charge on any atom is -0.309 e. The molecule has 0 N–H and O–H groups in total. The Balaban J connectivity index is 0.925. The average molecular weight is 1310 g/mol. The van der Waals surface area contributed by atoms with E-state index in [0.29, 0.717) is 55.7 Å². The van der Waals surface area contributed by atoms with Gasteiger partial charge in [0.25, 0.3) is 0 Å². The summed E-state index contributed by atoms with van der Waals surface area (Å²) in [5.74, 6) is 0. The third-order valence-corrected chi connectivity index (χ3v) is 20.5. The smallest absolute Gasteiger partial charge is 0.309 e. The van der Waals surface area contributed by atoms with Gasteiger partial charge in [0.05, 0.1) is 88.7 Å². The topological polar surface area (TPSA) is 53.4 Å². The van der Waals surface area contributed by atoms with E-state index in [0.717, 1.165) is 116 Å². The molecule has 0 unspecified atom stereocenters. The summed E-state index contributed by atoms with van der Waals surface area (Å²) in [5, 5.41) is 23.6. The number of alkyl halides is 6. The second-order valence-electron chi connectivity index (χ2n) is 25.7. The van der Waals surface area contributed by atoms with Crippen molar-refractivity contribution in [3.63, 3.8) is 0 Å². The van der Waals surface area contributed by atoms with Gasteiger partial charge in [-0.25, -0.2) is 0 Å². The molecule has 0 fully saturated rings. The summed E-state index contributed by atoms with van der Waals surface area (Å²) in [4.78, 5) is 0. The van der Waals surface area contributed by atoms with Gasteiger partial charge in [-0.3, -0.25) is 0 Å². The van der Waals surface area contributed by atoms with Crippen molar-refractivity contribution in [3.05, 3.63) is 314 Å². The zero-order chi connectivity index (χ0) is 67.0. The van der Waals surface area contributed by atoms with Gasteiger partial charge in [-0.05, 0) is 151 Å². The van der Waals surface area contributed by atoms with E-state index in [1.54, 1.807) is 0 Å². The highest BCUT2D eigenvalue weighted by Crippen LogP contribution is 2.50. The second kappa shape index (κ2) is 21.0. The van der Waals surface area contributed by atoms with Crippen molar-refractivity contribution in [2.45, 2.75) is 12.4 Å². The number of rotatable bonds is 7. The molecule has 0 saturated carbocycles. The van der Waals surface area contributed by atoms with E-state index >= 15 is 26.3 Å². The lowest BCUT2D eigenvalue weighted by molar-refractivity contribution is -0.142. The molecule has 0 bridgehead atoms. The van der Waals surface area contributed by atoms with Crippen LogP contribution in [0.3, 0.4) is 0 Å². The van der Waals surface area contributed by atoms with E-state index in [2.05, 4.69) is 146 Å². The van der Waals surface area contributed by atoms with Crippen LogP contribution in [0.15, 0.2) is 297 Å². The number of aromatic nitrogens is 6. The maximum atomic E-state index is 16.0. The maximum Gasteiger partial charge on any atom is 0.417 e. The summed E-state index contributed by atoms with van der Waals surface area (Å²) in [5.41, 5.74) is 8.79. The molecule has 6 heterocycles. The fourth-order valence-electron chi connectivity index (χ4n) is 16.4. The van der Waals surface area contributed by atoms with Crippen LogP contribution in [-0.4, -0.2) is 27.4 Å². The number of fused-ring (bicyclic) bond motifs is 18. The molecular formula is C87H49F6N7. The SMILES string of the molecule is N#Cc1c(-n2c3ccc(-n4c5ccccc5c5ccccc54)cc3c3cc(-n4c5ccccc5c5ccccc54)ccc32)cc(-c2c(C(F)(F)F)cccc2C(F)(F)F)cc1-n1c2ccc(-n3c4ccccc4c4ccccc43)cc2c2cc(-n3c4ccccc4c4ccccc43)ccc21. The van der Waals surface area contributed by atoms with Crippen molar-refractivity contribution in [2.75, 3.05) is 0 Å². The predicted octanol–water partition coefficient (Wildman–Crippen LogP) is 23.8. The third kappa shape index (κ3) is 8.16. The van der Waals surface area contributed by atoms with Crippen molar-refractivity contribution in [2.24, 2.45) is 0 Å². The van der Waals surface area contributed by atoms with Gasteiger partial charge < -0.3 is 27.4 Å². The Labute approximate surface area is 564 Å². The highest BCUT2D eigenvalue weighted by molar-refractivity contribution is 6.17. The van der Waals surface area contributed by atoms with E-state index in [1.807, 2.05) is 155 Å². The quantitative estimate of drug-likeness (QED) is 0.147. The molecule has 474 valence electrons. The normalized spacial score (nSPS) is 12.5. The molecule has 13 heteroatoms. The molecule has 0 radical (unpaired) electrons. The molecule has 0 aliphatic carbocycles. The maximum absolute atomic E-state index is 16.0. The number of para-hydroxylation sites is 8. The first-order valence-electron chi connectivity index (χ1n) is 32.9. The van der Waals surface area contributed by atoms with Crippen LogP contribution in [-0.2, 0) is 12.4 Å². The van der Waals surface area contributed by atoms with Crippen LogP contribution in [0.2, 0.25) is 0 Å². The summed E-state index contributed by atoms with van der Waals surface area (Å²) in [6, 6.07) is 97.0. The first-order chi connectivity index (χ1) is 48.9. The molecule has 6 aromatic heterocycles. The van der Waals surface area contributed by atoms with Gasteiger partial charge in [-0.15, -0.1) is 0 Å². The van der Waals surface area contributed by atoms with Crippen molar-refractivity contribution in [1.82, 2.24) is 27.4 Å². The van der Waals surface area contributed by atoms with Gasteiger partial charge in [0.15, 0.2) is 0 Å². The molecular weight excluding hydrogens is 1260 g/mol. The summed E-state index contributed by atoms with van der Waals surface area (Å²) < 4.78 is 108. The van der Waals surface area contributed by atoms with Gasteiger partial charge in [-0.1, -0.05) is 152 Å². The predicted molar refractivity (Wildman–Crippen MR) is 393 cm³/mol. The Morgan fingerprint density at radius 2 is 0.450 bits per heavy atom. The molecule has 20 aromatic rings. The Kier molecular flexibility index (Phi) is 12.0. The first-order valence-corrected chi connectivity index (χ1v) is 32.9. The zero-order valence-electron chi connectivity index (χ0n) is 52.7. The molecule has 0 atom stereocenters. The van der Waals surface area contributed by atoms with Crippen molar-refractivity contribution >= 4 is 131 Å². The number of benzene rings is 14. The van der Waals surface area contributed by atoms with Crippen LogP contribution in [0.1, 0.15) is 16.7 Å². The lowest BCUT2D eigenvalue weighted by atomic mass is 9.91. The third-order valence-electron chi connectivity index (χ3n) is 20.5. The summed E-state index contributed by atoms with van der Waals surface area (Å²) >= 11 is 0. The van der Waals surface area contributed by atoms with E-state index in [-0.39, 0.29) is 16.9 Å². The van der Waals surface area contributed by atoms with E-state index < -0.39 is 34.6 Å². The lowest BCUT2D eigenvalue weighted by Gasteiger charge is -2.22. The number of hydrogen-bond donors (Lipinski definition) is 0. The molecule has 0 amide bonds. The van der Waals surface area contributed by atoms with E-state index in [4.69, 9.17) is 0 Å². The number of nitrogens with zero attached hydrogens (tertiary/aromatic N) is 7. The van der Waals surface area contributed by atoms with Crippen molar-refractivity contribution in [3.8, 4) is 51.3 Å². The molecule has 0 spiro atoms. The van der Waals surface area contributed by atoms with Crippen molar-refractivity contribution in [1.29, 1.82) is 5.26 Å². The largest absolute Gasteiger partial charge is 0.417 e. The molecule has 100 heavy (non-hydrogen) atoms. The summed E-state index contributed by atoms with van der Waals surface area (Å²) in [7, 11) is 0. The fraction of sp³-hybridized carbons (Fsp3) is 0.0230. The minimum atomic E-state index is -5.26. The lowest BCUT2D eigenvalue weighted by Crippen LogP contribution is -2.15. The Morgan fingerprint density at radius 1 is 0.230 bits per heavy atom. The number of nitriles is 1. The summed E-state index contributed by atoms with van der Waals surface area (Å²) in [6.07, 6.45) is -10.5. The molecule has 20 rings (SSSR count). The minimum absolute atomic E-state index is 0.00436. The molecule has 7 nitrogen and oxygen atoms in total. The second-order valence-corrected chi connectivity index (χ2v) is 25.7. The van der Waals surface area contributed by atoms with Gasteiger partial charge in [0.1, 0.15) is 11.6 Å². The van der Waals surface area contributed by atoms with Gasteiger partial charge in [-0.2, -0.15) is 31.6 Å². The average Bonchev–Trinajstić information content (AvgIpc) is 1.52.